The molecule has 0 bridgehead atoms. The number of phenols is 2. The Kier molecular flexibility index (Phi) is 5.09. The molecule has 17 heavy (non-hydrogen) atoms. The fourth-order valence-electron chi connectivity index (χ4n) is 1.11. The van der Waals surface area contributed by atoms with Gasteiger partial charge < -0.3 is 10.2 Å². The molecule has 5 nitrogen and oxygen atoms in total. The summed E-state index contributed by atoms with van der Waals surface area (Å²) in [5, 5.41) is 26.2. The standard InChI is InChI=1S/C11H9N3O2.Na.H/c15-8-4-5-9(10(16)7-8)13-14-11-3-1-2-6-12-11;;/h1-7,15-16H;;. The molecule has 0 aliphatic rings. The molecule has 0 atom stereocenters. The average molecular weight is 239 g/mol. The third-order valence-corrected chi connectivity index (χ3v) is 1.87. The van der Waals surface area contributed by atoms with Gasteiger partial charge in [0.1, 0.15) is 17.2 Å². The summed E-state index contributed by atoms with van der Waals surface area (Å²) in [7, 11) is 0. The molecule has 0 amide bonds. The average Bonchev–Trinajstić information content (AvgIpc) is 2.29. The van der Waals surface area contributed by atoms with Gasteiger partial charge in [0.2, 0.25) is 0 Å². The van der Waals surface area contributed by atoms with E-state index in [0.717, 1.165) is 0 Å². The van der Waals surface area contributed by atoms with Crippen molar-refractivity contribution in [3.8, 4) is 11.5 Å². The summed E-state index contributed by atoms with van der Waals surface area (Å²) in [4.78, 5) is 3.95. The van der Waals surface area contributed by atoms with Crippen molar-refractivity contribution in [3.63, 3.8) is 0 Å². The Morgan fingerprint density at radius 2 is 1.82 bits per heavy atom. The predicted octanol–water partition coefficient (Wildman–Crippen LogP) is 2.26. The van der Waals surface area contributed by atoms with Crippen molar-refractivity contribution in [1.29, 1.82) is 0 Å². The molecule has 2 aromatic rings. The zero-order valence-corrected chi connectivity index (χ0v) is 8.28. The maximum atomic E-state index is 9.44. The summed E-state index contributed by atoms with van der Waals surface area (Å²) in [6, 6.07) is 9.35. The van der Waals surface area contributed by atoms with Gasteiger partial charge in [0.25, 0.3) is 0 Å². The molecule has 1 aromatic heterocycles. The Balaban J connectivity index is 0.00000144. The van der Waals surface area contributed by atoms with Gasteiger partial charge in [-0.25, -0.2) is 4.98 Å². The zero-order chi connectivity index (χ0) is 11.4. The van der Waals surface area contributed by atoms with Crippen LogP contribution in [0, 0.1) is 0 Å². The van der Waals surface area contributed by atoms with E-state index >= 15 is 0 Å². The molecule has 2 rings (SSSR count). The minimum absolute atomic E-state index is 0. The number of pyridine rings is 1. The first-order chi connectivity index (χ1) is 7.75. The fraction of sp³-hybridized carbons (Fsp3) is 0. The molecule has 0 saturated heterocycles. The van der Waals surface area contributed by atoms with Crippen molar-refractivity contribution < 1.29 is 10.2 Å². The number of rotatable bonds is 2. The zero-order valence-electron chi connectivity index (χ0n) is 8.28. The van der Waals surface area contributed by atoms with Crippen LogP contribution in [0.1, 0.15) is 0 Å². The molecule has 2 N–H and O–H groups in total. The summed E-state index contributed by atoms with van der Waals surface area (Å²) in [6.45, 7) is 0. The molecular weight excluding hydrogens is 229 g/mol. The van der Waals surface area contributed by atoms with E-state index in [-0.39, 0.29) is 46.7 Å². The van der Waals surface area contributed by atoms with Crippen LogP contribution in [0.25, 0.3) is 0 Å². The number of hydrogen-bond acceptors (Lipinski definition) is 5. The van der Waals surface area contributed by atoms with Crippen molar-refractivity contribution in [1.82, 2.24) is 4.98 Å². The number of azo groups is 1. The van der Waals surface area contributed by atoms with E-state index in [0.29, 0.717) is 5.82 Å². The first kappa shape index (κ1) is 13.6. The predicted molar refractivity (Wildman–Crippen MR) is 65.3 cm³/mol. The summed E-state index contributed by atoms with van der Waals surface area (Å²) >= 11 is 0. The molecule has 0 radical (unpaired) electrons. The van der Waals surface area contributed by atoms with Crippen LogP contribution in [0.2, 0.25) is 0 Å². The Bertz CT molecular complexity index is 517. The topological polar surface area (TPSA) is 78.1 Å². The molecule has 1 aromatic carbocycles. The van der Waals surface area contributed by atoms with Gasteiger partial charge in [0.05, 0.1) is 0 Å². The van der Waals surface area contributed by atoms with E-state index in [1.54, 1.807) is 24.4 Å². The van der Waals surface area contributed by atoms with Gasteiger partial charge in [-0.15, -0.1) is 10.2 Å². The van der Waals surface area contributed by atoms with Gasteiger partial charge in [-0.1, -0.05) is 6.07 Å². The normalized spacial score (nSPS) is 10.1. The second-order valence-electron chi connectivity index (χ2n) is 3.06. The molecule has 0 aliphatic carbocycles. The van der Waals surface area contributed by atoms with E-state index in [4.69, 9.17) is 5.11 Å². The van der Waals surface area contributed by atoms with Gasteiger partial charge in [-0.3, -0.25) is 0 Å². The number of aromatic hydroxyl groups is 2. The van der Waals surface area contributed by atoms with Gasteiger partial charge in [-0.05, 0) is 24.3 Å². The van der Waals surface area contributed by atoms with Gasteiger partial charge >= 0.3 is 29.6 Å². The molecule has 0 unspecified atom stereocenters. The van der Waals surface area contributed by atoms with Crippen molar-refractivity contribution in [2.24, 2.45) is 10.2 Å². The molecule has 82 valence electrons. The van der Waals surface area contributed by atoms with E-state index in [1.165, 1.54) is 18.2 Å². The van der Waals surface area contributed by atoms with E-state index < -0.39 is 0 Å². The first-order valence-electron chi connectivity index (χ1n) is 4.60. The summed E-state index contributed by atoms with van der Waals surface area (Å²) in [5.74, 6) is 0.309. The van der Waals surface area contributed by atoms with Crippen molar-refractivity contribution >= 4 is 41.1 Å². The number of hydrogen-bond donors (Lipinski definition) is 2. The van der Waals surface area contributed by atoms with E-state index in [1.807, 2.05) is 0 Å². The molecule has 6 heteroatoms. The van der Waals surface area contributed by atoms with Crippen LogP contribution in [0.15, 0.2) is 52.8 Å². The van der Waals surface area contributed by atoms with Crippen molar-refractivity contribution in [2.75, 3.05) is 0 Å². The Hall–Kier alpha value is -1.43. The summed E-state index contributed by atoms with van der Waals surface area (Å²) in [5.41, 5.74) is 0.281. The van der Waals surface area contributed by atoms with Crippen LogP contribution in [0.4, 0.5) is 11.5 Å². The Morgan fingerprint density at radius 3 is 2.47 bits per heavy atom. The van der Waals surface area contributed by atoms with Crippen LogP contribution in [-0.2, 0) is 0 Å². The Morgan fingerprint density at radius 1 is 1.00 bits per heavy atom. The molecule has 0 fully saturated rings. The summed E-state index contributed by atoms with van der Waals surface area (Å²) in [6.07, 6.45) is 1.60. The maximum absolute atomic E-state index is 9.44. The van der Waals surface area contributed by atoms with Gasteiger partial charge in [0, 0.05) is 12.3 Å². The second kappa shape index (κ2) is 6.34. The monoisotopic (exact) mass is 239 g/mol. The van der Waals surface area contributed by atoms with Gasteiger partial charge in [0.15, 0.2) is 5.82 Å². The van der Waals surface area contributed by atoms with Crippen LogP contribution < -0.4 is 0 Å². The number of phenolic OH excluding ortho intramolecular Hbond substituents is 2. The van der Waals surface area contributed by atoms with Crippen LogP contribution in [0.3, 0.4) is 0 Å². The molecule has 0 saturated carbocycles. The SMILES string of the molecule is Oc1ccc(N=Nc2ccccn2)c(O)c1.[NaH]. The summed E-state index contributed by atoms with van der Waals surface area (Å²) < 4.78 is 0. The molecule has 0 aliphatic heterocycles. The quantitative estimate of drug-likeness (QED) is 0.623. The number of aromatic nitrogens is 1. The Labute approximate surface area is 120 Å². The fourth-order valence-corrected chi connectivity index (χ4v) is 1.11. The third-order valence-electron chi connectivity index (χ3n) is 1.87. The van der Waals surface area contributed by atoms with Crippen molar-refractivity contribution in [3.05, 3.63) is 42.6 Å². The molecular formula is C11H10N3NaO2. The second-order valence-corrected chi connectivity index (χ2v) is 3.06. The number of benzene rings is 1. The van der Waals surface area contributed by atoms with Gasteiger partial charge in [-0.2, -0.15) is 0 Å². The number of nitrogens with zero attached hydrogens (tertiary/aromatic N) is 3. The third kappa shape index (κ3) is 3.81. The van der Waals surface area contributed by atoms with Crippen LogP contribution >= 0.6 is 0 Å². The minimum atomic E-state index is -0.125. The van der Waals surface area contributed by atoms with E-state index in [2.05, 4.69) is 15.2 Å². The van der Waals surface area contributed by atoms with Crippen LogP contribution in [0.5, 0.6) is 11.5 Å². The molecule has 0 spiro atoms. The van der Waals surface area contributed by atoms with Crippen LogP contribution in [-0.4, -0.2) is 44.8 Å². The van der Waals surface area contributed by atoms with Crippen molar-refractivity contribution in [2.45, 2.75) is 0 Å². The molecule has 1 heterocycles. The van der Waals surface area contributed by atoms with E-state index in [9.17, 15) is 5.11 Å². The first-order valence-corrected chi connectivity index (χ1v) is 4.60.